The maximum Gasteiger partial charge on any atom is 0.251 e. The molecule has 0 aromatic carbocycles. The van der Waals surface area contributed by atoms with Gasteiger partial charge in [-0.3, -0.25) is 14.4 Å². The first-order valence-electron chi connectivity index (χ1n) is 21.1. The van der Waals surface area contributed by atoms with Gasteiger partial charge in [-0.15, -0.1) is 0 Å². The summed E-state index contributed by atoms with van der Waals surface area (Å²) in [6, 6.07) is -1.18. The Morgan fingerprint density at radius 2 is 1.63 bits per heavy atom. The Bertz CT molecular complexity index is 1280. The van der Waals surface area contributed by atoms with E-state index in [1.165, 1.54) is 6.92 Å². The Balaban J connectivity index is 1.44. The topological polar surface area (TPSA) is 261 Å². The summed E-state index contributed by atoms with van der Waals surface area (Å²) in [5.74, 6) is -1.62. The molecule has 5 aliphatic rings. The van der Waals surface area contributed by atoms with Crippen LogP contribution in [0.1, 0.15) is 85.0 Å². The van der Waals surface area contributed by atoms with Crippen LogP contribution in [0.25, 0.3) is 0 Å². The lowest BCUT2D eigenvalue weighted by molar-refractivity contribution is -0.338. The number of rotatable bonds is 18. The van der Waals surface area contributed by atoms with Crippen molar-refractivity contribution in [2.45, 2.75) is 165 Å². The molecule has 3 aliphatic heterocycles. The molecule has 2 aliphatic carbocycles. The van der Waals surface area contributed by atoms with Crippen LogP contribution in [-0.4, -0.2) is 174 Å². The number of carbonyl (C=O) groups excluding carboxylic acids is 3. The SMILES string of the molecule is CCC1CC(C(=O)NCCOCCN)C[C@@H](O[C@@H]2OC(CO)[C@H](O)C(O[C@@H](CC3CCCCC3)C(=O)N3CCC3)C2NC(C)=O)C1O[C@@H]1OC(C)[C@@H](O)C(O)C1O. The van der Waals surface area contributed by atoms with E-state index < -0.39 is 98.1 Å². The average molecular weight is 817 g/mol. The molecule has 0 bridgehead atoms. The van der Waals surface area contributed by atoms with Crippen molar-refractivity contribution in [3.8, 4) is 0 Å². The lowest BCUT2D eigenvalue weighted by atomic mass is 9.75. The summed E-state index contributed by atoms with van der Waals surface area (Å²) in [4.78, 5) is 42.1. The zero-order chi connectivity index (χ0) is 41.2. The molecule has 2 saturated carbocycles. The quantitative estimate of drug-likeness (QED) is 0.0745. The molecule has 9 unspecified atom stereocenters. The molecular weight excluding hydrogens is 748 g/mol. The molecule has 0 spiro atoms. The van der Waals surface area contributed by atoms with Crippen LogP contribution in [0.3, 0.4) is 0 Å². The molecule has 9 N–H and O–H groups in total. The van der Waals surface area contributed by atoms with Crippen molar-refractivity contribution in [2.24, 2.45) is 23.5 Å². The van der Waals surface area contributed by atoms with Crippen molar-refractivity contribution in [3.05, 3.63) is 0 Å². The van der Waals surface area contributed by atoms with Gasteiger partial charge >= 0.3 is 0 Å². The highest BCUT2D eigenvalue weighted by molar-refractivity contribution is 5.81. The van der Waals surface area contributed by atoms with Crippen molar-refractivity contribution in [1.29, 1.82) is 0 Å². The van der Waals surface area contributed by atoms with Gasteiger partial charge in [0.1, 0.15) is 48.8 Å². The standard InChI is InChI=1S/C39H68N4O14/c1-4-24-18-25(36(50)41-12-16-52-15-11-40)19-26(34(24)57-39-33(49)32(48)30(46)21(2)53-39)55-38-29(42-22(3)45)35(31(47)28(20-44)56-38)54-27(37(51)43-13-8-14-43)17-23-9-6-5-7-10-23/h21,23-35,38-39,44,46-49H,4-20,40H2,1-3H3,(H,41,50)(H,42,45)/t21?,24?,25?,26-,27+,28?,29?,30-,31+,32?,33?,34?,35?,38-,39+/m1/s1. The van der Waals surface area contributed by atoms with Gasteiger partial charge < -0.3 is 75.2 Å². The van der Waals surface area contributed by atoms with Crippen LogP contribution >= 0.6 is 0 Å². The average Bonchev–Trinajstić information content (AvgIpc) is 3.17. The van der Waals surface area contributed by atoms with E-state index in [0.29, 0.717) is 45.5 Å². The largest absolute Gasteiger partial charge is 0.394 e. The normalized spacial score (nSPS) is 38.2. The van der Waals surface area contributed by atoms with Gasteiger partial charge in [0.2, 0.25) is 11.8 Å². The van der Waals surface area contributed by atoms with Gasteiger partial charge in [-0.2, -0.15) is 0 Å². The van der Waals surface area contributed by atoms with Crippen molar-refractivity contribution < 1.29 is 68.3 Å². The maximum atomic E-state index is 13.9. The number of carbonyl (C=O) groups is 3. The molecule has 0 radical (unpaired) electrons. The number of nitrogens with one attached hydrogen (secondary N) is 2. The molecule has 3 saturated heterocycles. The van der Waals surface area contributed by atoms with Crippen LogP contribution in [0.2, 0.25) is 0 Å². The van der Waals surface area contributed by atoms with Gasteiger partial charge in [0, 0.05) is 39.0 Å². The lowest BCUT2D eigenvalue weighted by Gasteiger charge is -2.49. The van der Waals surface area contributed by atoms with E-state index in [1.54, 1.807) is 11.8 Å². The highest BCUT2D eigenvalue weighted by Gasteiger charge is 2.53. The van der Waals surface area contributed by atoms with Gasteiger partial charge in [0.15, 0.2) is 12.6 Å². The summed E-state index contributed by atoms with van der Waals surface area (Å²) < 4.78 is 37.2. The van der Waals surface area contributed by atoms with Crippen LogP contribution in [-0.2, 0) is 42.8 Å². The Morgan fingerprint density at radius 1 is 0.895 bits per heavy atom. The van der Waals surface area contributed by atoms with E-state index >= 15 is 0 Å². The van der Waals surface area contributed by atoms with Crippen LogP contribution in [0.15, 0.2) is 0 Å². The molecule has 5 fully saturated rings. The van der Waals surface area contributed by atoms with Crippen molar-refractivity contribution in [1.82, 2.24) is 15.5 Å². The third-order valence-corrected chi connectivity index (χ3v) is 12.3. The van der Waals surface area contributed by atoms with Gasteiger partial charge in [0.25, 0.3) is 5.91 Å². The van der Waals surface area contributed by atoms with Crippen LogP contribution in [0.5, 0.6) is 0 Å². The van der Waals surface area contributed by atoms with E-state index in [4.69, 9.17) is 34.2 Å². The summed E-state index contributed by atoms with van der Waals surface area (Å²) in [5.41, 5.74) is 5.51. The van der Waals surface area contributed by atoms with E-state index in [0.717, 1.165) is 38.5 Å². The zero-order valence-electron chi connectivity index (χ0n) is 33.7. The molecule has 15 atom stereocenters. The third-order valence-electron chi connectivity index (χ3n) is 12.3. The zero-order valence-corrected chi connectivity index (χ0v) is 33.7. The maximum absolute atomic E-state index is 13.9. The number of aliphatic hydroxyl groups excluding tert-OH is 5. The Morgan fingerprint density at radius 3 is 2.26 bits per heavy atom. The molecule has 0 aromatic heterocycles. The summed E-state index contributed by atoms with van der Waals surface area (Å²) in [5, 5.41) is 59.8. The number of ether oxygens (including phenoxy) is 6. The molecule has 3 heterocycles. The van der Waals surface area contributed by atoms with Crippen LogP contribution < -0.4 is 16.4 Å². The second kappa shape index (κ2) is 22.0. The molecule has 328 valence electrons. The van der Waals surface area contributed by atoms with Gasteiger partial charge in [-0.1, -0.05) is 45.4 Å². The van der Waals surface area contributed by atoms with Gasteiger partial charge in [0.05, 0.1) is 38.1 Å². The van der Waals surface area contributed by atoms with Crippen LogP contribution in [0.4, 0.5) is 0 Å². The number of nitrogens with two attached hydrogens (primary N) is 1. The van der Waals surface area contributed by atoms with E-state index in [9.17, 15) is 39.9 Å². The first kappa shape index (κ1) is 46.0. The number of nitrogens with zero attached hydrogens (tertiary/aromatic N) is 1. The summed E-state index contributed by atoms with van der Waals surface area (Å²) in [6.07, 6.45) is -7.45. The first-order valence-corrected chi connectivity index (χ1v) is 21.1. The molecule has 18 heteroatoms. The Kier molecular flexibility index (Phi) is 17.7. The fourth-order valence-electron chi connectivity index (χ4n) is 8.89. The Hall–Kier alpha value is -2.07. The highest BCUT2D eigenvalue weighted by Crippen LogP contribution is 2.40. The minimum Gasteiger partial charge on any atom is -0.394 e. The molecule has 0 aromatic rings. The number of aliphatic hydroxyl groups is 5. The monoisotopic (exact) mass is 816 g/mol. The third kappa shape index (κ3) is 11.8. The minimum absolute atomic E-state index is 0.0858. The van der Waals surface area contributed by atoms with Gasteiger partial charge in [-0.05, 0) is 44.4 Å². The van der Waals surface area contributed by atoms with Crippen LogP contribution in [0, 0.1) is 17.8 Å². The molecule has 5 rings (SSSR count). The molecular formula is C39H68N4O14. The van der Waals surface area contributed by atoms with Gasteiger partial charge in [-0.25, -0.2) is 0 Å². The molecule has 57 heavy (non-hydrogen) atoms. The lowest BCUT2D eigenvalue weighted by Crippen LogP contribution is -2.67. The molecule has 18 nitrogen and oxygen atoms in total. The van der Waals surface area contributed by atoms with E-state index in [2.05, 4.69) is 10.6 Å². The summed E-state index contributed by atoms with van der Waals surface area (Å²) in [7, 11) is 0. The number of amides is 3. The number of hydrogen-bond donors (Lipinski definition) is 8. The number of likely N-dealkylation sites (tertiary alicyclic amines) is 1. The Labute approximate surface area is 335 Å². The van der Waals surface area contributed by atoms with E-state index in [1.807, 2.05) is 6.92 Å². The minimum atomic E-state index is -1.61. The second-order valence-electron chi connectivity index (χ2n) is 16.4. The molecule has 3 amide bonds. The fraction of sp³-hybridized carbons (Fsp3) is 0.923. The number of hydrogen-bond acceptors (Lipinski definition) is 15. The second-order valence-corrected chi connectivity index (χ2v) is 16.4. The predicted octanol–water partition coefficient (Wildman–Crippen LogP) is -1.35. The first-order chi connectivity index (χ1) is 27.4. The summed E-state index contributed by atoms with van der Waals surface area (Å²) in [6.45, 7) is 6.54. The smallest absolute Gasteiger partial charge is 0.251 e. The van der Waals surface area contributed by atoms with E-state index in [-0.39, 0.29) is 43.2 Å². The predicted molar refractivity (Wildman–Crippen MR) is 202 cm³/mol. The fourth-order valence-corrected chi connectivity index (χ4v) is 8.89. The summed E-state index contributed by atoms with van der Waals surface area (Å²) >= 11 is 0. The highest BCUT2D eigenvalue weighted by atomic mass is 16.7. The van der Waals surface area contributed by atoms with Crippen molar-refractivity contribution in [3.63, 3.8) is 0 Å². The van der Waals surface area contributed by atoms with Crippen molar-refractivity contribution >= 4 is 17.7 Å². The van der Waals surface area contributed by atoms with Crippen molar-refractivity contribution in [2.75, 3.05) is 46.0 Å².